The maximum absolute atomic E-state index is 13.9. The van der Waals surface area contributed by atoms with Gasteiger partial charge in [-0.2, -0.15) is 0 Å². The highest BCUT2D eigenvalue weighted by atomic mass is 19.1. The molecular formula is C15H21FN2O. The fraction of sp³-hybridized carbons (Fsp3) is 0.533. The van der Waals surface area contributed by atoms with Crippen molar-refractivity contribution in [3.8, 4) is 0 Å². The molecule has 1 aliphatic heterocycles. The highest BCUT2D eigenvalue weighted by Gasteiger charge is 2.36. The predicted molar refractivity (Wildman–Crippen MR) is 72.9 cm³/mol. The predicted octanol–water partition coefficient (Wildman–Crippen LogP) is 2.33. The van der Waals surface area contributed by atoms with Crippen molar-refractivity contribution in [1.29, 1.82) is 0 Å². The van der Waals surface area contributed by atoms with Gasteiger partial charge in [0.1, 0.15) is 5.82 Å². The normalized spacial score (nSPS) is 24.5. The molecule has 0 aliphatic carbocycles. The van der Waals surface area contributed by atoms with Gasteiger partial charge in [-0.1, -0.05) is 32.0 Å². The molecule has 2 rings (SSSR count). The molecule has 3 nitrogen and oxygen atoms in total. The van der Waals surface area contributed by atoms with Crippen LogP contribution in [0, 0.1) is 17.7 Å². The first-order chi connectivity index (χ1) is 9.04. The van der Waals surface area contributed by atoms with Crippen molar-refractivity contribution in [2.75, 3.05) is 13.1 Å². The SMILES string of the molecule is C[C@@H]1C[C@@H](c2ccccc2F)N(C(=O)[C@@H](C)CN)C1. The Morgan fingerprint density at radius 2 is 2.21 bits per heavy atom. The molecule has 19 heavy (non-hydrogen) atoms. The van der Waals surface area contributed by atoms with Crippen LogP contribution in [0.3, 0.4) is 0 Å². The average molecular weight is 264 g/mol. The van der Waals surface area contributed by atoms with Gasteiger partial charge in [-0.05, 0) is 18.4 Å². The summed E-state index contributed by atoms with van der Waals surface area (Å²) in [7, 11) is 0. The molecule has 1 aromatic carbocycles. The van der Waals surface area contributed by atoms with Crippen LogP contribution in [-0.4, -0.2) is 23.9 Å². The van der Waals surface area contributed by atoms with Gasteiger partial charge >= 0.3 is 0 Å². The Hall–Kier alpha value is -1.42. The minimum atomic E-state index is -0.236. The van der Waals surface area contributed by atoms with Gasteiger partial charge in [-0.3, -0.25) is 4.79 Å². The van der Waals surface area contributed by atoms with Crippen molar-refractivity contribution >= 4 is 5.91 Å². The molecular weight excluding hydrogens is 243 g/mol. The van der Waals surface area contributed by atoms with Crippen LogP contribution in [-0.2, 0) is 4.79 Å². The van der Waals surface area contributed by atoms with E-state index in [4.69, 9.17) is 5.73 Å². The van der Waals surface area contributed by atoms with E-state index in [1.807, 2.05) is 13.0 Å². The quantitative estimate of drug-likeness (QED) is 0.910. The molecule has 1 amide bonds. The molecule has 1 aliphatic rings. The van der Waals surface area contributed by atoms with E-state index in [-0.39, 0.29) is 23.7 Å². The molecule has 0 unspecified atom stereocenters. The summed E-state index contributed by atoms with van der Waals surface area (Å²) in [4.78, 5) is 14.1. The van der Waals surface area contributed by atoms with Gasteiger partial charge in [-0.15, -0.1) is 0 Å². The molecule has 0 spiro atoms. The third-order valence-corrected chi connectivity index (χ3v) is 3.83. The first-order valence-corrected chi connectivity index (χ1v) is 6.79. The number of halogens is 1. The largest absolute Gasteiger partial charge is 0.335 e. The van der Waals surface area contributed by atoms with Crippen LogP contribution in [0.15, 0.2) is 24.3 Å². The number of hydrogen-bond acceptors (Lipinski definition) is 2. The zero-order chi connectivity index (χ0) is 14.0. The summed E-state index contributed by atoms with van der Waals surface area (Å²) in [5.74, 6) is -0.0296. The van der Waals surface area contributed by atoms with Crippen LogP contribution in [0.5, 0.6) is 0 Å². The average Bonchev–Trinajstić information content (AvgIpc) is 2.79. The number of hydrogen-bond donors (Lipinski definition) is 1. The highest BCUT2D eigenvalue weighted by Crippen LogP contribution is 2.37. The number of amides is 1. The second kappa shape index (κ2) is 5.70. The molecule has 0 saturated carbocycles. The van der Waals surface area contributed by atoms with E-state index < -0.39 is 0 Å². The van der Waals surface area contributed by atoms with Crippen molar-refractivity contribution in [1.82, 2.24) is 4.90 Å². The Kier molecular flexibility index (Phi) is 4.20. The Bertz CT molecular complexity index is 463. The molecule has 3 atom stereocenters. The van der Waals surface area contributed by atoms with Gasteiger partial charge in [0.25, 0.3) is 0 Å². The van der Waals surface area contributed by atoms with Crippen molar-refractivity contribution in [3.63, 3.8) is 0 Å². The number of nitrogens with two attached hydrogens (primary N) is 1. The molecule has 0 radical (unpaired) electrons. The summed E-state index contributed by atoms with van der Waals surface area (Å²) in [6, 6.07) is 6.55. The zero-order valence-electron chi connectivity index (χ0n) is 11.5. The fourth-order valence-corrected chi connectivity index (χ4v) is 2.71. The topological polar surface area (TPSA) is 46.3 Å². The molecule has 0 bridgehead atoms. The van der Waals surface area contributed by atoms with Crippen LogP contribution in [0.4, 0.5) is 4.39 Å². The van der Waals surface area contributed by atoms with E-state index in [1.54, 1.807) is 17.0 Å². The van der Waals surface area contributed by atoms with Gasteiger partial charge in [0.05, 0.1) is 6.04 Å². The van der Waals surface area contributed by atoms with Crippen molar-refractivity contribution in [2.45, 2.75) is 26.3 Å². The molecule has 1 fully saturated rings. The number of rotatable bonds is 3. The van der Waals surface area contributed by atoms with Gasteiger partial charge < -0.3 is 10.6 Å². The van der Waals surface area contributed by atoms with Crippen molar-refractivity contribution < 1.29 is 9.18 Å². The summed E-state index contributed by atoms with van der Waals surface area (Å²) in [6.45, 7) is 4.92. The number of carbonyl (C=O) groups excluding carboxylic acids is 1. The van der Waals surface area contributed by atoms with Crippen molar-refractivity contribution in [2.24, 2.45) is 17.6 Å². The van der Waals surface area contributed by atoms with Gasteiger partial charge in [-0.25, -0.2) is 4.39 Å². The lowest BCUT2D eigenvalue weighted by Gasteiger charge is -2.27. The molecule has 0 aromatic heterocycles. The lowest BCUT2D eigenvalue weighted by atomic mass is 10.00. The Labute approximate surface area is 113 Å². The van der Waals surface area contributed by atoms with Crippen LogP contribution in [0.25, 0.3) is 0 Å². The van der Waals surface area contributed by atoms with E-state index in [0.717, 1.165) is 6.42 Å². The third kappa shape index (κ3) is 2.78. The minimum absolute atomic E-state index is 0.0279. The molecule has 1 saturated heterocycles. The zero-order valence-corrected chi connectivity index (χ0v) is 11.5. The number of benzene rings is 1. The highest BCUT2D eigenvalue weighted by molar-refractivity contribution is 5.79. The second-order valence-electron chi connectivity index (χ2n) is 5.51. The molecule has 1 aromatic rings. The summed E-state index contributed by atoms with van der Waals surface area (Å²) in [5.41, 5.74) is 6.18. The van der Waals surface area contributed by atoms with Crippen LogP contribution >= 0.6 is 0 Å². The Morgan fingerprint density at radius 1 is 1.53 bits per heavy atom. The van der Waals surface area contributed by atoms with E-state index in [9.17, 15) is 9.18 Å². The first kappa shape index (κ1) is 14.0. The van der Waals surface area contributed by atoms with Crippen LogP contribution in [0.2, 0.25) is 0 Å². The third-order valence-electron chi connectivity index (χ3n) is 3.83. The van der Waals surface area contributed by atoms with Crippen LogP contribution < -0.4 is 5.73 Å². The lowest BCUT2D eigenvalue weighted by molar-refractivity contribution is -0.135. The summed E-state index contributed by atoms with van der Waals surface area (Å²) >= 11 is 0. The first-order valence-electron chi connectivity index (χ1n) is 6.79. The van der Waals surface area contributed by atoms with Gasteiger partial charge in [0.15, 0.2) is 0 Å². The number of carbonyl (C=O) groups is 1. The van der Waals surface area contributed by atoms with Gasteiger partial charge in [0, 0.05) is 24.6 Å². The molecule has 4 heteroatoms. The monoisotopic (exact) mass is 264 g/mol. The van der Waals surface area contributed by atoms with E-state index >= 15 is 0 Å². The maximum atomic E-state index is 13.9. The van der Waals surface area contributed by atoms with Gasteiger partial charge in [0.2, 0.25) is 5.91 Å². The Morgan fingerprint density at radius 3 is 2.84 bits per heavy atom. The smallest absolute Gasteiger partial charge is 0.227 e. The maximum Gasteiger partial charge on any atom is 0.227 e. The Balaban J connectivity index is 2.28. The van der Waals surface area contributed by atoms with E-state index in [0.29, 0.717) is 24.6 Å². The van der Waals surface area contributed by atoms with Crippen LogP contribution in [0.1, 0.15) is 31.9 Å². The lowest BCUT2D eigenvalue weighted by Crippen LogP contribution is -2.38. The minimum Gasteiger partial charge on any atom is -0.335 e. The van der Waals surface area contributed by atoms with E-state index in [1.165, 1.54) is 6.07 Å². The summed E-state index contributed by atoms with van der Waals surface area (Å²) < 4.78 is 13.9. The van der Waals surface area contributed by atoms with E-state index in [2.05, 4.69) is 6.92 Å². The molecule has 1 heterocycles. The molecule has 104 valence electrons. The summed E-state index contributed by atoms with van der Waals surface area (Å²) in [5, 5.41) is 0. The fourth-order valence-electron chi connectivity index (χ4n) is 2.71. The second-order valence-corrected chi connectivity index (χ2v) is 5.51. The van der Waals surface area contributed by atoms with Crippen molar-refractivity contribution in [3.05, 3.63) is 35.6 Å². The number of likely N-dealkylation sites (tertiary alicyclic amines) is 1. The number of nitrogens with zero attached hydrogens (tertiary/aromatic N) is 1. The molecule has 2 N–H and O–H groups in total. The summed E-state index contributed by atoms with van der Waals surface area (Å²) in [6.07, 6.45) is 0.809. The standard InChI is InChI=1S/C15H21FN2O/c1-10-7-14(12-5-3-4-6-13(12)16)18(9-10)15(19)11(2)8-17/h3-6,10-11,14H,7-9,17H2,1-2H3/t10-,11+,14+/m1/s1.